The molecule has 0 atom stereocenters. The Bertz CT molecular complexity index is 540. The van der Waals surface area contributed by atoms with E-state index < -0.39 is 0 Å². The lowest BCUT2D eigenvalue weighted by Crippen LogP contribution is -1.99. The summed E-state index contributed by atoms with van der Waals surface area (Å²) < 4.78 is 0. The van der Waals surface area contributed by atoms with E-state index in [1.54, 1.807) is 0 Å². The molecule has 2 N–H and O–H groups in total. The third kappa shape index (κ3) is 1.24. The topological polar surface area (TPSA) is 40.7 Å². The standard InChI is InChI=1S/C13H15N3/c1-3-14-13-11-7-9-5-4-8(2)6-10(9)12(11)15-16-13/h4-6H,3,7H2,1-2H3,(H2,14,15,16). The minimum absolute atomic E-state index is 0.909. The highest BCUT2D eigenvalue weighted by molar-refractivity contribution is 5.78. The summed E-state index contributed by atoms with van der Waals surface area (Å²) in [7, 11) is 0. The van der Waals surface area contributed by atoms with Gasteiger partial charge in [-0.1, -0.05) is 17.7 Å². The zero-order valence-corrected chi connectivity index (χ0v) is 9.59. The van der Waals surface area contributed by atoms with Crippen molar-refractivity contribution in [1.82, 2.24) is 10.2 Å². The fourth-order valence-electron chi connectivity index (χ4n) is 2.34. The lowest BCUT2D eigenvalue weighted by Gasteiger charge is -2.01. The highest BCUT2D eigenvalue weighted by Crippen LogP contribution is 2.38. The molecule has 1 aliphatic carbocycles. The Morgan fingerprint density at radius 3 is 3.12 bits per heavy atom. The predicted molar refractivity (Wildman–Crippen MR) is 65.7 cm³/mol. The predicted octanol–water partition coefficient (Wildman–Crippen LogP) is 2.72. The van der Waals surface area contributed by atoms with Gasteiger partial charge in [0, 0.05) is 24.1 Å². The van der Waals surface area contributed by atoms with Crippen molar-refractivity contribution < 1.29 is 0 Å². The van der Waals surface area contributed by atoms with Gasteiger partial charge in [-0.2, -0.15) is 5.10 Å². The van der Waals surface area contributed by atoms with Gasteiger partial charge in [-0.15, -0.1) is 0 Å². The molecule has 82 valence electrons. The van der Waals surface area contributed by atoms with Gasteiger partial charge in [0.2, 0.25) is 0 Å². The van der Waals surface area contributed by atoms with Gasteiger partial charge in [0.05, 0.1) is 5.69 Å². The fraction of sp³-hybridized carbons (Fsp3) is 0.308. The third-order valence-corrected chi connectivity index (χ3v) is 3.11. The molecule has 0 spiro atoms. The van der Waals surface area contributed by atoms with Crippen LogP contribution >= 0.6 is 0 Å². The van der Waals surface area contributed by atoms with Crippen LogP contribution in [0.2, 0.25) is 0 Å². The van der Waals surface area contributed by atoms with Crippen molar-refractivity contribution in [3.8, 4) is 11.3 Å². The van der Waals surface area contributed by atoms with E-state index in [2.05, 4.69) is 47.6 Å². The van der Waals surface area contributed by atoms with Crippen LogP contribution in [0.5, 0.6) is 0 Å². The third-order valence-electron chi connectivity index (χ3n) is 3.11. The molecular formula is C13H15N3. The molecule has 3 nitrogen and oxygen atoms in total. The Balaban J connectivity index is 2.11. The quantitative estimate of drug-likeness (QED) is 0.687. The Morgan fingerprint density at radius 2 is 2.31 bits per heavy atom. The minimum atomic E-state index is 0.909. The molecule has 0 amide bonds. The van der Waals surface area contributed by atoms with Gasteiger partial charge in [0.25, 0.3) is 0 Å². The van der Waals surface area contributed by atoms with Crippen LogP contribution in [-0.4, -0.2) is 16.7 Å². The molecule has 1 heterocycles. The number of aryl methyl sites for hydroxylation is 1. The molecule has 0 saturated heterocycles. The molecule has 2 aromatic rings. The van der Waals surface area contributed by atoms with Crippen molar-refractivity contribution >= 4 is 5.82 Å². The molecule has 3 rings (SSSR count). The highest BCUT2D eigenvalue weighted by Gasteiger charge is 2.23. The fourth-order valence-corrected chi connectivity index (χ4v) is 2.34. The van der Waals surface area contributed by atoms with E-state index in [0.29, 0.717) is 0 Å². The maximum atomic E-state index is 4.32. The van der Waals surface area contributed by atoms with Gasteiger partial charge >= 0.3 is 0 Å². The van der Waals surface area contributed by atoms with E-state index in [4.69, 9.17) is 0 Å². The van der Waals surface area contributed by atoms with Gasteiger partial charge in [-0.25, -0.2) is 0 Å². The Kier molecular flexibility index (Phi) is 1.99. The largest absolute Gasteiger partial charge is 0.369 e. The molecule has 1 aromatic heterocycles. The SMILES string of the molecule is CCNc1n[nH]c2c1Cc1ccc(C)cc1-2. The molecule has 1 aromatic carbocycles. The zero-order valence-electron chi connectivity index (χ0n) is 9.59. The molecule has 3 heteroatoms. The van der Waals surface area contributed by atoms with E-state index in [-0.39, 0.29) is 0 Å². The van der Waals surface area contributed by atoms with Gasteiger partial charge in [0.1, 0.15) is 0 Å². The van der Waals surface area contributed by atoms with Gasteiger partial charge in [-0.05, 0) is 25.5 Å². The van der Waals surface area contributed by atoms with Crippen LogP contribution < -0.4 is 5.32 Å². The first kappa shape index (κ1) is 9.46. The Morgan fingerprint density at radius 1 is 1.44 bits per heavy atom. The molecular weight excluding hydrogens is 198 g/mol. The Labute approximate surface area is 94.9 Å². The average molecular weight is 213 g/mol. The van der Waals surface area contributed by atoms with Crippen LogP contribution in [0.15, 0.2) is 18.2 Å². The van der Waals surface area contributed by atoms with Crippen LogP contribution in [0.1, 0.15) is 23.6 Å². The van der Waals surface area contributed by atoms with Crippen LogP contribution in [0.3, 0.4) is 0 Å². The number of hydrogen-bond acceptors (Lipinski definition) is 2. The number of rotatable bonds is 2. The number of fused-ring (bicyclic) bond motifs is 3. The first-order chi connectivity index (χ1) is 7.79. The van der Waals surface area contributed by atoms with E-state index in [1.807, 2.05) is 0 Å². The minimum Gasteiger partial charge on any atom is -0.369 e. The molecule has 1 aliphatic rings. The molecule has 0 bridgehead atoms. The summed E-state index contributed by atoms with van der Waals surface area (Å²) in [6, 6.07) is 6.62. The normalized spacial score (nSPS) is 12.4. The average Bonchev–Trinajstić information content (AvgIpc) is 2.80. The first-order valence-electron chi connectivity index (χ1n) is 5.70. The summed E-state index contributed by atoms with van der Waals surface area (Å²) in [6.45, 7) is 5.12. The van der Waals surface area contributed by atoms with Crippen molar-refractivity contribution in [1.29, 1.82) is 0 Å². The molecule has 0 aliphatic heterocycles. The number of aromatic nitrogens is 2. The number of hydrogen-bond donors (Lipinski definition) is 2. The summed E-state index contributed by atoms with van der Waals surface area (Å²) in [5, 5.41) is 10.8. The lowest BCUT2D eigenvalue weighted by molar-refractivity contribution is 1.06. The van der Waals surface area contributed by atoms with E-state index in [0.717, 1.165) is 18.8 Å². The second-order valence-corrected chi connectivity index (χ2v) is 4.29. The summed E-state index contributed by atoms with van der Waals surface area (Å²) in [4.78, 5) is 0. The van der Waals surface area contributed by atoms with Crippen molar-refractivity contribution in [2.45, 2.75) is 20.3 Å². The van der Waals surface area contributed by atoms with Gasteiger partial charge < -0.3 is 5.32 Å². The summed E-state index contributed by atoms with van der Waals surface area (Å²) >= 11 is 0. The summed E-state index contributed by atoms with van der Waals surface area (Å²) in [5.41, 5.74) is 6.50. The second-order valence-electron chi connectivity index (χ2n) is 4.29. The number of aromatic amines is 1. The maximum Gasteiger partial charge on any atom is 0.151 e. The number of nitrogens with zero attached hydrogens (tertiary/aromatic N) is 1. The summed E-state index contributed by atoms with van der Waals surface area (Å²) in [5.74, 6) is 1.01. The van der Waals surface area contributed by atoms with Crippen LogP contribution in [0.25, 0.3) is 11.3 Å². The first-order valence-corrected chi connectivity index (χ1v) is 5.70. The maximum absolute atomic E-state index is 4.32. The molecule has 0 fully saturated rings. The van der Waals surface area contributed by atoms with Crippen LogP contribution in [-0.2, 0) is 6.42 Å². The van der Waals surface area contributed by atoms with E-state index >= 15 is 0 Å². The molecule has 0 radical (unpaired) electrons. The lowest BCUT2D eigenvalue weighted by atomic mass is 10.1. The molecule has 16 heavy (non-hydrogen) atoms. The van der Waals surface area contributed by atoms with Crippen molar-refractivity contribution in [2.24, 2.45) is 0 Å². The van der Waals surface area contributed by atoms with Crippen molar-refractivity contribution in [3.63, 3.8) is 0 Å². The van der Waals surface area contributed by atoms with E-state index in [1.165, 1.54) is 27.9 Å². The number of benzene rings is 1. The number of anilines is 1. The number of nitrogens with one attached hydrogen (secondary N) is 2. The second kappa shape index (κ2) is 3.37. The van der Waals surface area contributed by atoms with E-state index in [9.17, 15) is 0 Å². The van der Waals surface area contributed by atoms with Crippen LogP contribution in [0, 0.1) is 6.92 Å². The van der Waals surface area contributed by atoms with Crippen molar-refractivity contribution in [2.75, 3.05) is 11.9 Å². The summed E-state index contributed by atoms with van der Waals surface area (Å²) in [6.07, 6.45) is 0.990. The smallest absolute Gasteiger partial charge is 0.151 e. The zero-order chi connectivity index (χ0) is 11.1. The van der Waals surface area contributed by atoms with Crippen molar-refractivity contribution in [3.05, 3.63) is 34.9 Å². The van der Waals surface area contributed by atoms with Gasteiger partial charge in [-0.3, -0.25) is 5.10 Å². The van der Waals surface area contributed by atoms with Gasteiger partial charge in [0.15, 0.2) is 5.82 Å². The monoisotopic (exact) mass is 213 g/mol. The molecule has 0 unspecified atom stereocenters. The highest BCUT2D eigenvalue weighted by atomic mass is 15.2. The Hall–Kier alpha value is -1.77. The van der Waals surface area contributed by atoms with Crippen LogP contribution in [0.4, 0.5) is 5.82 Å². The molecule has 0 saturated carbocycles. The number of H-pyrrole nitrogens is 1.